The van der Waals surface area contributed by atoms with Crippen LogP contribution in [0.5, 0.6) is 0 Å². The molecule has 1 aromatic rings. The summed E-state index contributed by atoms with van der Waals surface area (Å²) in [5.74, 6) is 0.777. The maximum atomic E-state index is 11.8. The maximum absolute atomic E-state index is 11.8. The molecule has 0 unspecified atom stereocenters. The van der Waals surface area contributed by atoms with E-state index >= 15 is 0 Å². The number of aliphatic imine (C=N–C) groups is 1. The molecular formula is C21H35IN4O3. The van der Waals surface area contributed by atoms with Crippen molar-refractivity contribution in [3.8, 4) is 0 Å². The molecular weight excluding hydrogens is 483 g/mol. The lowest BCUT2D eigenvalue weighted by Gasteiger charge is -2.32. The molecule has 29 heavy (non-hydrogen) atoms. The van der Waals surface area contributed by atoms with Crippen LogP contribution < -0.4 is 10.6 Å². The van der Waals surface area contributed by atoms with Crippen LogP contribution in [0.4, 0.5) is 4.79 Å². The number of nitrogens with one attached hydrogen (secondary N) is 2. The number of piperidine rings is 1. The van der Waals surface area contributed by atoms with Gasteiger partial charge in [-0.2, -0.15) is 0 Å². The first-order chi connectivity index (χ1) is 13.7. The molecule has 2 N–H and O–H groups in total. The van der Waals surface area contributed by atoms with Crippen LogP contribution in [0.25, 0.3) is 0 Å². The minimum atomic E-state index is -0.217. The van der Waals surface area contributed by atoms with Gasteiger partial charge >= 0.3 is 6.09 Å². The van der Waals surface area contributed by atoms with E-state index in [4.69, 9.17) is 9.47 Å². The molecule has 0 atom stereocenters. The third-order valence-corrected chi connectivity index (χ3v) is 4.76. The van der Waals surface area contributed by atoms with Crippen molar-refractivity contribution < 1.29 is 14.3 Å². The van der Waals surface area contributed by atoms with Gasteiger partial charge in [0.05, 0.1) is 13.2 Å². The predicted molar refractivity (Wildman–Crippen MR) is 127 cm³/mol. The van der Waals surface area contributed by atoms with Gasteiger partial charge < -0.3 is 25.0 Å². The minimum absolute atomic E-state index is 0. The van der Waals surface area contributed by atoms with Crippen LogP contribution >= 0.6 is 24.0 Å². The summed E-state index contributed by atoms with van der Waals surface area (Å²) in [5, 5.41) is 6.86. The van der Waals surface area contributed by atoms with Crippen LogP contribution in [0.1, 0.15) is 44.2 Å². The molecule has 1 aliphatic heterocycles. The van der Waals surface area contributed by atoms with Gasteiger partial charge in [0.1, 0.15) is 0 Å². The van der Waals surface area contributed by atoms with E-state index in [0.717, 1.165) is 31.8 Å². The van der Waals surface area contributed by atoms with Crippen LogP contribution in [-0.4, -0.2) is 56.3 Å². The van der Waals surface area contributed by atoms with Crippen molar-refractivity contribution in [2.75, 3.05) is 33.4 Å². The molecule has 2 rings (SSSR count). The molecule has 0 radical (unpaired) electrons. The fourth-order valence-corrected chi connectivity index (χ4v) is 3.19. The fraction of sp³-hybridized carbons (Fsp3) is 0.619. The summed E-state index contributed by atoms with van der Waals surface area (Å²) < 4.78 is 10.8. The number of halogens is 1. The van der Waals surface area contributed by atoms with Crippen LogP contribution in [0.3, 0.4) is 0 Å². The number of rotatable bonds is 8. The van der Waals surface area contributed by atoms with Crippen LogP contribution in [-0.2, 0) is 22.6 Å². The summed E-state index contributed by atoms with van der Waals surface area (Å²) in [6.45, 7) is 7.84. The molecule has 1 amide bonds. The highest BCUT2D eigenvalue weighted by molar-refractivity contribution is 14.0. The smallest absolute Gasteiger partial charge is 0.409 e. The van der Waals surface area contributed by atoms with Gasteiger partial charge in [-0.05, 0) is 37.3 Å². The number of nitrogens with zero attached hydrogens (tertiary/aromatic N) is 2. The van der Waals surface area contributed by atoms with E-state index < -0.39 is 0 Å². The molecule has 1 heterocycles. The first kappa shape index (κ1) is 25.5. The van der Waals surface area contributed by atoms with Crippen LogP contribution in [0.2, 0.25) is 0 Å². The van der Waals surface area contributed by atoms with Gasteiger partial charge in [-0.1, -0.05) is 31.2 Å². The average Bonchev–Trinajstić information content (AvgIpc) is 2.72. The molecule has 0 aliphatic carbocycles. The predicted octanol–water partition coefficient (Wildman–Crippen LogP) is 3.52. The summed E-state index contributed by atoms with van der Waals surface area (Å²) in [6.07, 6.45) is 2.55. The van der Waals surface area contributed by atoms with Crippen molar-refractivity contribution >= 4 is 36.0 Å². The van der Waals surface area contributed by atoms with Gasteiger partial charge in [0.15, 0.2) is 5.96 Å². The van der Waals surface area contributed by atoms with E-state index in [9.17, 15) is 4.79 Å². The summed E-state index contributed by atoms with van der Waals surface area (Å²) in [5.41, 5.74) is 2.40. The van der Waals surface area contributed by atoms with E-state index in [2.05, 4.69) is 34.7 Å². The molecule has 0 bridgehead atoms. The zero-order chi connectivity index (χ0) is 20.2. The second-order valence-corrected chi connectivity index (χ2v) is 6.85. The van der Waals surface area contributed by atoms with Gasteiger partial charge in [-0.25, -0.2) is 4.79 Å². The fourth-order valence-electron chi connectivity index (χ4n) is 3.19. The molecule has 164 valence electrons. The Labute approximate surface area is 191 Å². The molecule has 0 saturated carbocycles. The summed E-state index contributed by atoms with van der Waals surface area (Å²) in [4.78, 5) is 17.9. The third-order valence-electron chi connectivity index (χ3n) is 4.76. The molecule has 7 nitrogen and oxygen atoms in total. The van der Waals surface area contributed by atoms with Crippen molar-refractivity contribution in [3.05, 3.63) is 35.4 Å². The maximum Gasteiger partial charge on any atom is 0.409 e. The Bertz CT molecular complexity index is 634. The number of ether oxygens (including phenoxy) is 2. The molecule has 1 saturated heterocycles. The number of hydrogen-bond donors (Lipinski definition) is 2. The number of carbonyl (C=O) groups is 1. The van der Waals surface area contributed by atoms with Gasteiger partial charge in [0, 0.05) is 39.3 Å². The zero-order valence-electron chi connectivity index (χ0n) is 17.8. The molecule has 0 spiro atoms. The van der Waals surface area contributed by atoms with Gasteiger partial charge in [-0.3, -0.25) is 4.99 Å². The molecule has 8 heteroatoms. The van der Waals surface area contributed by atoms with E-state index in [-0.39, 0.29) is 30.1 Å². The van der Waals surface area contributed by atoms with E-state index in [1.54, 1.807) is 11.9 Å². The van der Waals surface area contributed by atoms with Crippen LogP contribution in [0, 0.1) is 0 Å². The highest BCUT2D eigenvalue weighted by atomic mass is 127. The zero-order valence-corrected chi connectivity index (χ0v) is 20.1. The first-order valence-corrected chi connectivity index (χ1v) is 10.2. The second kappa shape index (κ2) is 14.4. The van der Waals surface area contributed by atoms with Crippen molar-refractivity contribution in [2.24, 2.45) is 4.99 Å². The summed E-state index contributed by atoms with van der Waals surface area (Å²) in [7, 11) is 1.78. The normalized spacial score (nSPS) is 14.9. The van der Waals surface area contributed by atoms with Crippen LogP contribution in [0.15, 0.2) is 29.3 Å². The van der Waals surface area contributed by atoms with Gasteiger partial charge in [-0.15, -0.1) is 24.0 Å². The number of hydrogen-bond acceptors (Lipinski definition) is 4. The van der Waals surface area contributed by atoms with E-state index in [0.29, 0.717) is 38.9 Å². The Morgan fingerprint density at radius 1 is 1.21 bits per heavy atom. The topological polar surface area (TPSA) is 75.2 Å². The van der Waals surface area contributed by atoms with Crippen molar-refractivity contribution in [1.82, 2.24) is 15.5 Å². The Balaban J connectivity index is 0.00000420. The molecule has 1 aliphatic rings. The first-order valence-electron chi connectivity index (χ1n) is 10.2. The molecule has 0 aromatic heterocycles. The second-order valence-electron chi connectivity index (χ2n) is 6.85. The molecule has 1 fully saturated rings. The number of guanidine groups is 1. The Kier molecular flexibility index (Phi) is 12.7. The lowest BCUT2D eigenvalue weighted by Crippen LogP contribution is -2.49. The van der Waals surface area contributed by atoms with Gasteiger partial charge in [0.25, 0.3) is 0 Å². The quantitative estimate of drug-likeness (QED) is 0.239. The minimum Gasteiger partial charge on any atom is -0.450 e. The average molecular weight is 518 g/mol. The third kappa shape index (κ3) is 8.77. The van der Waals surface area contributed by atoms with Gasteiger partial charge in [0.2, 0.25) is 0 Å². The number of likely N-dealkylation sites (tertiary alicyclic amines) is 1. The number of benzene rings is 1. The number of carbonyl (C=O) groups excluding carboxylic acids is 1. The number of amides is 1. The lowest BCUT2D eigenvalue weighted by atomic mass is 10.1. The van der Waals surface area contributed by atoms with Crippen molar-refractivity contribution in [2.45, 2.75) is 52.3 Å². The monoisotopic (exact) mass is 518 g/mol. The summed E-state index contributed by atoms with van der Waals surface area (Å²) >= 11 is 0. The van der Waals surface area contributed by atoms with E-state index in [1.807, 2.05) is 19.1 Å². The largest absolute Gasteiger partial charge is 0.450 e. The highest BCUT2D eigenvalue weighted by Gasteiger charge is 2.24. The Morgan fingerprint density at radius 3 is 2.52 bits per heavy atom. The SMILES string of the molecule is CCCOCc1ccccc1CNC(=NC)NC1CCN(C(=O)OCC)CC1.I. The Morgan fingerprint density at radius 2 is 1.90 bits per heavy atom. The van der Waals surface area contributed by atoms with Crippen molar-refractivity contribution in [3.63, 3.8) is 0 Å². The Hall–Kier alpha value is -1.55. The highest BCUT2D eigenvalue weighted by Crippen LogP contribution is 2.12. The van der Waals surface area contributed by atoms with E-state index in [1.165, 1.54) is 11.1 Å². The molecule has 1 aromatic carbocycles. The standard InChI is InChI=1S/C21H34N4O3.HI/c1-4-14-27-16-18-9-7-6-8-17(18)15-23-20(22-3)24-19-10-12-25(13-11-19)21(26)28-5-2;/h6-9,19H,4-5,10-16H2,1-3H3,(H2,22,23,24);1H. The van der Waals surface area contributed by atoms with Crippen molar-refractivity contribution in [1.29, 1.82) is 0 Å². The lowest BCUT2D eigenvalue weighted by molar-refractivity contribution is 0.0963. The summed E-state index contributed by atoms with van der Waals surface area (Å²) in [6, 6.07) is 8.59.